The highest BCUT2D eigenvalue weighted by Crippen LogP contribution is 2.32. The summed E-state index contributed by atoms with van der Waals surface area (Å²) < 4.78 is 1.77. The highest BCUT2D eigenvalue weighted by Gasteiger charge is 2.26. The Labute approximate surface area is 208 Å². The van der Waals surface area contributed by atoms with Crippen LogP contribution < -0.4 is 0 Å². The summed E-state index contributed by atoms with van der Waals surface area (Å²) in [4.78, 5) is 38.7. The summed E-state index contributed by atoms with van der Waals surface area (Å²) in [6, 6.07) is 9.30. The quantitative estimate of drug-likeness (QED) is 0.358. The monoisotopic (exact) mass is 530 g/mol. The predicted octanol–water partition coefficient (Wildman–Crippen LogP) is 3.97. The third kappa shape index (κ3) is 4.78. The van der Waals surface area contributed by atoms with Crippen LogP contribution in [-0.4, -0.2) is 64.8 Å². The zero-order chi connectivity index (χ0) is 23.8. The number of hydrogen-bond donors (Lipinski definition) is 3. The number of aliphatic carboxylic acids is 1. The van der Waals surface area contributed by atoms with Crippen molar-refractivity contribution < 1.29 is 24.9 Å². The summed E-state index contributed by atoms with van der Waals surface area (Å²) in [6.07, 6.45) is 0. The van der Waals surface area contributed by atoms with Crippen molar-refractivity contribution in [2.45, 2.75) is 6.04 Å². The first-order valence-electron chi connectivity index (χ1n) is 9.73. The highest BCUT2D eigenvalue weighted by molar-refractivity contribution is 8.15. The van der Waals surface area contributed by atoms with E-state index in [9.17, 15) is 19.8 Å². The lowest BCUT2D eigenvalue weighted by Gasteiger charge is -1.93. The number of hydrogen-bond acceptors (Lipinski definition) is 11. The van der Waals surface area contributed by atoms with Crippen LogP contribution in [0.1, 0.15) is 10.0 Å². The van der Waals surface area contributed by atoms with Gasteiger partial charge in [-0.3, -0.25) is 9.79 Å². The molecule has 0 saturated carbocycles. The number of phenols is 2. The number of thioether (sulfide) groups is 2. The number of benzene rings is 2. The third-order valence-electron chi connectivity index (χ3n) is 4.60. The van der Waals surface area contributed by atoms with E-state index in [0.717, 1.165) is 25.4 Å². The molecule has 2 aliphatic rings. The number of aromatic nitrogens is 2. The van der Waals surface area contributed by atoms with Crippen LogP contribution in [0.15, 0.2) is 46.4 Å². The van der Waals surface area contributed by atoms with Crippen molar-refractivity contribution in [1.29, 1.82) is 0 Å². The van der Waals surface area contributed by atoms with Gasteiger partial charge in [0.25, 0.3) is 5.91 Å². The number of aromatic hydroxyl groups is 2. The second kappa shape index (κ2) is 9.33. The number of rotatable bonds is 3. The molecule has 4 aromatic rings. The first-order chi connectivity index (χ1) is 16.4. The number of aliphatic imine (C=N–C) groups is 2. The van der Waals surface area contributed by atoms with Crippen LogP contribution in [0.2, 0.25) is 0 Å². The molecule has 34 heavy (non-hydrogen) atoms. The van der Waals surface area contributed by atoms with Gasteiger partial charge in [-0.25, -0.2) is 19.8 Å². The molecule has 2 aliphatic heterocycles. The minimum absolute atomic E-state index is 0.109. The molecule has 1 atom stereocenters. The molecule has 13 heteroatoms. The number of nitrogens with zero attached hydrogens (tertiary/aromatic N) is 4. The molecule has 0 spiro atoms. The summed E-state index contributed by atoms with van der Waals surface area (Å²) in [7, 11) is 0. The van der Waals surface area contributed by atoms with Crippen LogP contribution in [0.25, 0.3) is 20.4 Å². The molecule has 0 unspecified atom stereocenters. The minimum Gasteiger partial charge on any atom is -0.508 e. The molecular formula is C21H14N4O5S4. The molecule has 6 rings (SSSR count). The van der Waals surface area contributed by atoms with Crippen molar-refractivity contribution in [1.82, 2.24) is 9.97 Å². The Morgan fingerprint density at radius 3 is 1.97 bits per heavy atom. The van der Waals surface area contributed by atoms with Crippen molar-refractivity contribution in [3.8, 4) is 11.5 Å². The normalized spacial score (nSPS) is 17.5. The lowest BCUT2D eigenvalue weighted by Crippen LogP contribution is -2.17. The Bertz CT molecular complexity index is 1510. The van der Waals surface area contributed by atoms with Crippen molar-refractivity contribution in [3.63, 3.8) is 0 Å². The maximum Gasteiger partial charge on any atom is 0.329 e. The fourth-order valence-corrected chi connectivity index (χ4v) is 6.99. The van der Waals surface area contributed by atoms with Gasteiger partial charge in [-0.1, -0.05) is 11.8 Å². The molecule has 0 bridgehead atoms. The minimum atomic E-state index is -0.906. The Morgan fingerprint density at radius 2 is 1.47 bits per heavy atom. The molecule has 2 aromatic carbocycles. The third-order valence-corrected chi connectivity index (χ3v) is 8.92. The zero-order valence-electron chi connectivity index (χ0n) is 17.0. The van der Waals surface area contributed by atoms with E-state index in [1.807, 2.05) is 0 Å². The van der Waals surface area contributed by atoms with Crippen LogP contribution in [-0.2, 0) is 9.59 Å². The van der Waals surface area contributed by atoms with Crippen LogP contribution in [0.3, 0.4) is 0 Å². The molecule has 172 valence electrons. The predicted molar refractivity (Wildman–Crippen MR) is 137 cm³/mol. The van der Waals surface area contributed by atoms with E-state index >= 15 is 0 Å². The largest absolute Gasteiger partial charge is 0.508 e. The lowest BCUT2D eigenvalue weighted by atomic mass is 10.3. The number of amides is 1. The van der Waals surface area contributed by atoms with Crippen molar-refractivity contribution in [2.24, 2.45) is 9.98 Å². The first kappa shape index (κ1) is 22.8. The maximum atomic E-state index is 11.0. The lowest BCUT2D eigenvalue weighted by molar-refractivity contribution is -0.137. The van der Waals surface area contributed by atoms with E-state index in [0.29, 0.717) is 26.6 Å². The van der Waals surface area contributed by atoms with Gasteiger partial charge < -0.3 is 15.3 Å². The Morgan fingerprint density at radius 1 is 0.882 bits per heavy atom. The first-order valence-corrected chi connectivity index (χ1v) is 13.3. The summed E-state index contributed by atoms with van der Waals surface area (Å²) in [5.41, 5.74) is 1.61. The van der Waals surface area contributed by atoms with Gasteiger partial charge in [0, 0.05) is 5.75 Å². The van der Waals surface area contributed by atoms with E-state index in [2.05, 4.69) is 20.0 Å². The molecule has 0 saturated heterocycles. The van der Waals surface area contributed by atoms with Gasteiger partial charge in [-0.05, 0) is 36.4 Å². The number of carbonyl (C=O) groups is 2. The molecule has 0 aliphatic carbocycles. The summed E-state index contributed by atoms with van der Waals surface area (Å²) in [5.74, 6) is 0.253. The van der Waals surface area contributed by atoms with Gasteiger partial charge in [0.15, 0.2) is 6.04 Å². The molecule has 3 N–H and O–H groups in total. The highest BCUT2D eigenvalue weighted by atomic mass is 32.2. The van der Waals surface area contributed by atoms with Gasteiger partial charge in [-0.2, -0.15) is 0 Å². The Kier molecular flexibility index (Phi) is 6.25. The molecule has 2 aromatic heterocycles. The van der Waals surface area contributed by atoms with Gasteiger partial charge in [0.2, 0.25) is 0 Å². The molecule has 0 radical (unpaired) electrons. The topological polar surface area (TPSA) is 145 Å². The summed E-state index contributed by atoms with van der Waals surface area (Å²) in [6.45, 7) is 0. The second-order valence-corrected chi connectivity index (χ2v) is 11.1. The number of carbonyl (C=O) groups excluding carboxylic acids is 1. The number of thiazole rings is 2. The summed E-state index contributed by atoms with van der Waals surface area (Å²) in [5, 5.41) is 30.4. The molecule has 9 nitrogen and oxygen atoms in total. The fourth-order valence-electron chi connectivity index (χ4n) is 3.04. The molecule has 1 amide bonds. The number of phenolic OH excluding ortho intramolecular Hbond substituents is 2. The molecule has 0 fully saturated rings. The molecule has 4 heterocycles. The van der Waals surface area contributed by atoms with Gasteiger partial charge in [-0.15, -0.1) is 34.4 Å². The zero-order valence-corrected chi connectivity index (χ0v) is 20.3. The van der Waals surface area contributed by atoms with E-state index in [1.165, 1.54) is 46.2 Å². The van der Waals surface area contributed by atoms with Crippen molar-refractivity contribution in [2.75, 3.05) is 11.5 Å². The SMILES string of the molecule is O=C(O)[C@H]1CSC(c2nc3ccc(O)cc3s2)=N1.O=C1CSC(c2nc3ccc(O)cc3s2)=N1. The Hall–Kier alpha value is -3.00. The number of carboxylic acids is 1. The maximum absolute atomic E-state index is 11.0. The van der Waals surface area contributed by atoms with Crippen molar-refractivity contribution in [3.05, 3.63) is 46.4 Å². The van der Waals surface area contributed by atoms with E-state index in [-0.39, 0.29) is 17.4 Å². The number of carboxylic acid groups (broad SMARTS) is 1. The average molecular weight is 531 g/mol. The van der Waals surface area contributed by atoms with Crippen LogP contribution in [0.5, 0.6) is 11.5 Å². The smallest absolute Gasteiger partial charge is 0.329 e. The average Bonchev–Trinajstić information content (AvgIpc) is 3.58. The number of fused-ring (bicyclic) bond motifs is 2. The standard InChI is InChI=1S/C11H8N2O3S2.C10H6N2O2S2/c14-5-1-2-6-8(3-5)18-10(12-6)9-13-7(4-17-9)11(15)16;13-5-1-2-6-7(3-5)16-10(11-6)9-12-8(14)4-15-9/h1-3,7,14H,4H2,(H,15,16);1-3,13H,4H2/t7-;/m1./s1. The van der Waals surface area contributed by atoms with E-state index < -0.39 is 12.0 Å². The second-order valence-electron chi connectivity index (χ2n) is 7.04. The Balaban J connectivity index is 0.000000142. The van der Waals surface area contributed by atoms with Gasteiger partial charge >= 0.3 is 5.97 Å². The van der Waals surface area contributed by atoms with Gasteiger partial charge in [0.1, 0.15) is 31.6 Å². The van der Waals surface area contributed by atoms with E-state index in [1.54, 1.807) is 36.4 Å². The van der Waals surface area contributed by atoms with Crippen molar-refractivity contribution >= 4 is 88.6 Å². The molecular weight excluding hydrogens is 517 g/mol. The van der Waals surface area contributed by atoms with Crippen LogP contribution in [0, 0.1) is 0 Å². The fraction of sp³-hybridized carbons (Fsp3) is 0.143. The van der Waals surface area contributed by atoms with Crippen LogP contribution >= 0.6 is 46.2 Å². The van der Waals surface area contributed by atoms with Gasteiger partial charge in [0.05, 0.1) is 26.2 Å². The van der Waals surface area contributed by atoms with Crippen LogP contribution in [0.4, 0.5) is 0 Å². The van der Waals surface area contributed by atoms with E-state index in [4.69, 9.17) is 5.11 Å². The summed E-state index contributed by atoms with van der Waals surface area (Å²) >= 11 is 5.66.